The van der Waals surface area contributed by atoms with Crippen molar-refractivity contribution in [2.24, 2.45) is 0 Å². The first kappa shape index (κ1) is 15.0. The Labute approximate surface area is 117 Å². The van der Waals surface area contributed by atoms with E-state index in [0.717, 1.165) is 5.01 Å². The van der Waals surface area contributed by atoms with Crippen molar-refractivity contribution in [3.63, 3.8) is 0 Å². The molecule has 0 aliphatic carbocycles. The Hall–Kier alpha value is -1.41. The van der Waals surface area contributed by atoms with Gasteiger partial charge in [-0.05, 0) is 19.8 Å². The standard InChI is InChI=1S/C12H14F3N3OS/c1-8-16-10(7-20-8)6-18-5-9(3-2-4-19)11(17-18)12(13,14)15/h5,7,19H,2-4,6H2,1H3. The van der Waals surface area contributed by atoms with Crippen LogP contribution in [0.25, 0.3) is 0 Å². The highest BCUT2D eigenvalue weighted by Crippen LogP contribution is 2.31. The fourth-order valence-electron chi connectivity index (χ4n) is 1.88. The van der Waals surface area contributed by atoms with Crippen LogP contribution in [0.1, 0.15) is 28.4 Å². The minimum atomic E-state index is -4.48. The first-order chi connectivity index (χ1) is 9.40. The molecule has 0 saturated heterocycles. The van der Waals surface area contributed by atoms with Gasteiger partial charge in [0.05, 0.1) is 17.2 Å². The molecule has 2 rings (SSSR count). The van der Waals surface area contributed by atoms with Gasteiger partial charge >= 0.3 is 6.18 Å². The molecule has 0 spiro atoms. The largest absolute Gasteiger partial charge is 0.435 e. The van der Waals surface area contributed by atoms with Crippen LogP contribution in [0.5, 0.6) is 0 Å². The van der Waals surface area contributed by atoms with E-state index in [4.69, 9.17) is 5.11 Å². The summed E-state index contributed by atoms with van der Waals surface area (Å²) in [6.07, 6.45) is -2.66. The molecule has 2 heterocycles. The summed E-state index contributed by atoms with van der Waals surface area (Å²) in [6, 6.07) is 0. The molecule has 0 amide bonds. The summed E-state index contributed by atoms with van der Waals surface area (Å²) >= 11 is 1.45. The summed E-state index contributed by atoms with van der Waals surface area (Å²) < 4.78 is 39.9. The summed E-state index contributed by atoms with van der Waals surface area (Å²) in [7, 11) is 0. The Kier molecular flexibility index (Phi) is 4.44. The van der Waals surface area contributed by atoms with E-state index in [9.17, 15) is 13.2 Å². The van der Waals surface area contributed by atoms with E-state index in [2.05, 4.69) is 10.1 Å². The highest BCUT2D eigenvalue weighted by atomic mass is 32.1. The monoisotopic (exact) mass is 305 g/mol. The number of rotatable bonds is 5. The van der Waals surface area contributed by atoms with Gasteiger partial charge in [0.15, 0.2) is 5.69 Å². The molecule has 2 aromatic heterocycles. The SMILES string of the molecule is Cc1nc(Cn2cc(CCCO)c(C(F)(F)F)n2)cs1. The molecule has 4 nitrogen and oxygen atoms in total. The maximum absolute atomic E-state index is 12.9. The minimum Gasteiger partial charge on any atom is -0.396 e. The molecule has 110 valence electrons. The molecule has 0 saturated carbocycles. The third kappa shape index (κ3) is 3.57. The Morgan fingerprint density at radius 3 is 2.70 bits per heavy atom. The zero-order valence-corrected chi connectivity index (χ0v) is 11.6. The third-order valence-corrected chi connectivity index (χ3v) is 3.52. The number of aryl methyl sites for hydroxylation is 2. The number of nitrogens with zero attached hydrogens (tertiary/aromatic N) is 3. The predicted molar refractivity (Wildman–Crippen MR) is 68.6 cm³/mol. The molecule has 0 aliphatic heterocycles. The summed E-state index contributed by atoms with van der Waals surface area (Å²) in [4.78, 5) is 4.21. The van der Waals surface area contributed by atoms with Crippen LogP contribution in [-0.2, 0) is 19.1 Å². The number of alkyl halides is 3. The number of aromatic nitrogens is 3. The quantitative estimate of drug-likeness (QED) is 0.924. The van der Waals surface area contributed by atoms with Crippen LogP contribution in [-0.4, -0.2) is 26.5 Å². The Balaban J connectivity index is 2.23. The van der Waals surface area contributed by atoms with Crippen LogP contribution >= 0.6 is 11.3 Å². The lowest BCUT2D eigenvalue weighted by atomic mass is 10.1. The zero-order valence-electron chi connectivity index (χ0n) is 10.8. The van der Waals surface area contributed by atoms with Gasteiger partial charge in [-0.3, -0.25) is 4.68 Å². The zero-order chi connectivity index (χ0) is 14.8. The summed E-state index contributed by atoms with van der Waals surface area (Å²) in [6.45, 7) is 1.91. The van der Waals surface area contributed by atoms with E-state index >= 15 is 0 Å². The molecular formula is C12H14F3N3OS. The van der Waals surface area contributed by atoms with Crippen molar-refractivity contribution >= 4 is 11.3 Å². The van der Waals surface area contributed by atoms with Gasteiger partial charge in [0, 0.05) is 23.7 Å². The molecule has 2 aromatic rings. The maximum Gasteiger partial charge on any atom is 0.435 e. The van der Waals surface area contributed by atoms with Crippen molar-refractivity contribution in [2.45, 2.75) is 32.5 Å². The van der Waals surface area contributed by atoms with Crippen LogP contribution in [0.2, 0.25) is 0 Å². The first-order valence-electron chi connectivity index (χ1n) is 6.05. The molecule has 0 radical (unpaired) electrons. The topological polar surface area (TPSA) is 50.9 Å². The smallest absolute Gasteiger partial charge is 0.396 e. The highest BCUT2D eigenvalue weighted by Gasteiger charge is 2.36. The van der Waals surface area contributed by atoms with Gasteiger partial charge in [-0.15, -0.1) is 11.3 Å². The second kappa shape index (κ2) is 5.92. The van der Waals surface area contributed by atoms with E-state index in [1.54, 1.807) is 5.38 Å². The second-order valence-electron chi connectivity index (χ2n) is 4.38. The summed E-state index contributed by atoms with van der Waals surface area (Å²) in [5, 5.41) is 15.0. The van der Waals surface area contributed by atoms with Crippen LogP contribution < -0.4 is 0 Å². The summed E-state index contributed by atoms with van der Waals surface area (Å²) in [5.41, 5.74) is -0.0752. The Morgan fingerprint density at radius 1 is 1.40 bits per heavy atom. The number of halogens is 3. The fourth-order valence-corrected chi connectivity index (χ4v) is 2.49. The van der Waals surface area contributed by atoms with Gasteiger partial charge in [0.1, 0.15) is 0 Å². The van der Waals surface area contributed by atoms with Crippen molar-refractivity contribution in [3.05, 3.63) is 33.5 Å². The average Bonchev–Trinajstić information content (AvgIpc) is 2.93. The van der Waals surface area contributed by atoms with Crippen LogP contribution in [0.4, 0.5) is 13.2 Å². The normalized spacial score (nSPS) is 12.1. The lowest BCUT2D eigenvalue weighted by Crippen LogP contribution is -2.10. The van der Waals surface area contributed by atoms with Crippen molar-refractivity contribution in [1.29, 1.82) is 0 Å². The lowest BCUT2D eigenvalue weighted by Gasteiger charge is -2.04. The van der Waals surface area contributed by atoms with Gasteiger partial charge in [-0.2, -0.15) is 18.3 Å². The number of hydrogen-bond donors (Lipinski definition) is 1. The number of thiazole rings is 1. The Bertz CT molecular complexity index is 577. The minimum absolute atomic E-state index is 0.110. The fraction of sp³-hybridized carbons (Fsp3) is 0.500. The highest BCUT2D eigenvalue weighted by molar-refractivity contribution is 7.09. The van der Waals surface area contributed by atoms with Crippen LogP contribution in [0.3, 0.4) is 0 Å². The maximum atomic E-state index is 12.9. The molecule has 8 heteroatoms. The summed E-state index contributed by atoms with van der Waals surface area (Å²) in [5.74, 6) is 0. The van der Waals surface area contributed by atoms with Crippen molar-refractivity contribution < 1.29 is 18.3 Å². The molecule has 0 fully saturated rings. The van der Waals surface area contributed by atoms with Crippen LogP contribution in [0.15, 0.2) is 11.6 Å². The second-order valence-corrected chi connectivity index (χ2v) is 5.45. The van der Waals surface area contributed by atoms with Crippen LogP contribution in [0, 0.1) is 6.92 Å². The molecule has 0 unspecified atom stereocenters. The predicted octanol–water partition coefficient (Wildman–Crippen LogP) is 2.64. The van der Waals surface area contributed by atoms with Crippen molar-refractivity contribution in [3.8, 4) is 0 Å². The number of hydrogen-bond acceptors (Lipinski definition) is 4. The molecule has 0 atom stereocenters. The molecule has 1 N–H and O–H groups in total. The van der Waals surface area contributed by atoms with Crippen molar-refractivity contribution in [1.82, 2.24) is 14.8 Å². The number of aliphatic hydroxyl groups is 1. The molecule has 0 aromatic carbocycles. The molecule has 20 heavy (non-hydrogen) atoms. The van der Waals surface area contributed by atoms with E-state index in [1.807, 2.05) is 6.92 Å². The van der Waals surface area contributed by atoms with E-state index < -0.39 is 11.9 Å². The van der Waals surface area contributed by atoms with Gasteiger partial charge < -0.3 is 5.11 Å². The number of aliphatic hydroxyl groups excluding tert-OH is 1. The van der Waals surface area contributed by atoms with Gasteiger partial charge in [0.2, 0.25) is 0 Å². The van der Waals surface area contributed by atoms with Gasteiger partial charge in [0.25, 0.3) is 0 Å². The molecule has 0 bridgehead atoms. The van der Waals surface area contributed by atoms with Gasteiger partial charge in [-0.25, -0.2) is 4.98 Å². The average molecular weight is 305 g/mol. The van der Waals surface area contributed by atoms with Gasteiger partial charge in [-0.1, -0.05) is 0 Å². The molecular weight excluding hydrogens is 291 g/mol. The molecule has 0 aliphatic rings. The first-order valence-corrected chi connectivity index (χ1v) is 6.93. The third-order valence-electron chi connectivity index (χ3n) is 2.70. The van der Waals surface area contributed by atoms with E-state index in [1.165, 1.54) is 22.2 Å². The van der Waals surface area contributed by atoms with E-state index in [-0.39, 0.29) is 31.6 Å². The van der Waals surface area contributed by atoms with E-state index in [0.29, 0.717) is 5.69 Å². The lowest BCUT2D eigenvalue weighted by molar-refractivity contribution is -0.142. The Morgan fingerprint density at radius 2 is 2.15 bits per heavy atom. The van der Waals surface area contributed by atoms with Crippen molar-refractivity contribution in [2.75, 3.05) is 6.61 Å².